The molecule has 2 aromatic carbocycles. The minimum atomic E-state index is -0.192. The molecule has 2 rings (SSSR count). The molecule has 0 aromatic heterocycles. The molecular weight excluding hydrogens is 239 g/mol. The molecule has 0 aliphatic rings. The summed E-state index contributed by atoms with van der Waals surface area (Å²) in [6.45, 7) is 1.86. The molecular formula is C16H19FN2. The fraction of sp³-hybridized carbons (Fsp3) is 0.250. The van der Waals surface area contributed by atoms with E-state index in [0.717, 1.165) is 30.9 Å². The maximum atomic E-state index is 12.8. The molecule has 19 heavy (non-hydrogen) atoms. The average molecular weight is 258 g/mol. The number of benzene rings is 2. The summed E-state index contributed by atoms with van der Waals surface area (Å²) in [5.74, 6) is -0.192. The lowest BCUT2D eigenvalue weighted by atomic mass is 10.2. The number of halogens is 1. The molecule has 0 bridgehead atoms. The number of para-hydroxylation sites is 1. The highest BCUT2D eigenvalue weighted by molar-refractivity contribution is 5.45. The average Bonchev–Trinajstić information content (AvgIpc) is 2.45. The third-order valence-electron chi connectivity index (χ3n) is 3.04. The molecule has 0 spiro atoms. The highest BCUT2D eigenvalue weighted by atomic mass is 19.1. The predicted octanol–water partition coefficient (Wildman–Crippen LogP) is 3.76. The van der Waals surface area contributed by atoms with Gasteiger partial charge in [0.1, 0.15) is 5.82 Å². The molecule has 0 radical (unpaired) electrons. The molecule has 3 heteroatoms. The first kappa shape index (κ1) is 13.4. The van der Waals surface area contributed by atoms with Crippen molar-refractivity contribution in [3.05, 3.63) is 60.4 Å². The molecule has 0 unspecified atom stereocenters. The summed E-state index contributed by atoms with van der Waals surface area (Å²) in [5, 5.41) is 3.37. The van der Waals surface area contributed by atoms with Crippen LogP contribution in [0.3, 0.4) is 0 Å². The normalized spacial score (nSPS) is 10.2. The van der Waals surface area contributed by atoms with Crippen LogP contribution in [0.25, 0.3) is 0 Å². The Morgan fingerprint density at radius 3 is 2.37 bits per heavy atom. The summed E-state index contributed by atoms with van der Waals surface area (Å²) in [5.41, 5.74) is 2.19. The third kappa shape index (κ3) is 4.28. The third-order valence-corrected chi connectivity index (χ3v) is 3.04. The van der Waals surface area contributed by atoms with Gasteiger partial charge >= 0.3 is 0 Å². The number of hydrogen-bond acceptors (Lipinski definition) is 2. The lowest BCUT2D eigenvalue weighted by molar-refractivity contribution is 0.627. The second-order valence-electron chi connectivity index (χ2n) is 4.54. The summed E-state index contributed by atoms with van der Waals surface area (Å²) >= 11 is 0. The molecule has 2 nitrogen and oxygen atoms in total. The van der Waals surface area contributed by atoms with Gasteiger partial charge in [-0.25, -0.2) is 4.39 Å². The molecule has 100 valence electrons. The van der Waals surface area contributed by atoms with Crippen molar-refractivity contribution in [1.29, 1.82) is 0 Å². The summed E-state index contributed by atoms with van der Waals surface area (Å²) in [6, 6.07) is 16.8. The molecule has 0 aliphatic carbocycles. The zero-order valence-corrected chi connectivity index (χ0v) is 11.1. The fourth-order valence-electron chi connectivity index (χ4n) is 1.93. The molecule has 0 saturated heterocycles. The van der Waals surface area contributed by atoms with Gasteiger partial charge in [0.2, 0.25) is 0 Å². The lowest BCUT2D eigenvalue weighted by Gasteiger charge is -2.19. The van der Waals surface area contributed by atoms with E-state index in [-0.39, 0.29) is 5.82 Å². The number of anilines is 2. The van der Waals surface area contributed by atoms with E-state index in [9.17, 15) is 4.39 Å². The molecule has 0 heterocycles. The molecule has 2 aromatic rings. The number of nitrogens with zero attached hydrogens (tertiary/aromatic N) is 1. The Balaban J connectivity index is 1.72. The first-order chi connectivity index (χ1) is 9.25. The molecule has 0 saturated carbocycles. The van der Waals surface area contributed by atoms with Gasteiger partial charge in [0.25, 0.3) is 0 Å². The van der Waals surface area contributed by atoms with Crippen LogP contribution in [0.2, 0.25) is 0 Å². The van der Waals surface area contributed by atoms with Crippen LogP contribution < -0.4 is 10.2 Å². The van der Waals surface area contributed by atoms with E-state index in [0.29, 0.717) is 0 Å². The van der Waals surface area contributed by atoms with Gasteiger partial charge in [-0.05, 0) is 42.8 Å². The first-order valence-corrected chi connectivity index (χ1v) is 6.51. The van der Waals surface area contributed by atoms with Gasteiger partial charge in [0.05, 0.1) is 0 Å². The van der Waals surface area contributed by atoms with Crippen molar-refractivity contribution in [2.75, 3.05) is 30.4 Å². The Morgan fingerprint density at radius 1 is 1.00 bits per heavy atom. The lowest BCUT2D eigenvalue weighted by Crippen LogP contribution is -2.20. The van der Waals surface area contributed by atoms with E-state index in [1.165, 1.54) is 12.1 Å². The Labute approximate surface area is 113 Å². The largest absolute Gasteiger partial charge is 0.385 e. The monoisotopic (exact) mass is 258 g/mol. The first-order valence-electron chi connectivity index (χ1n) is 6.51. The highest BCUT2D eigenvalue weighted by Crippen LogP contribution is 2.13. The van der Waals surface area contributed by atoms with Crippen LogP contribution in [0.4, 0.5) is 15.8 Å². The van der Waals surface area contributed by atoms with Gasteiger partial charge in [-0.15, -0.1) is 0 Å². The van der Waals surface area contributed by atoms with Crippen molar-refractivity contribution in [3.8, 4) is 0 Å². The van der Waals surface area contributed by atoms with Gasteiger partial charge < -0.3 is 10.2 Å². The van der Waals surface area contributed by atoms with Gasteiger partial charge in [-0.1, -0.05) is 18.2 Å². The Morgan fingerprint density at radius 2 is 1.68 bits per heavy atom. The van der Waals surface area contributed by atoms with Crippen molar-refractivity contribution in [2.45, 2.75) is 6.42 Å². The zero-order chi connectivity index (χ0) is 13.5. The zero-order valence-electron chi connectivity index (χ0n) is 11.1. The standard InChI is InChI=1S/C16H19FN2/c1-19(16-10-8-14(17)9-11-16)13-5-12-18-15-6-3-2-4-7-15/h2-4,6-11,18H,5,12-13H2,1H3. The van der Waals surface area contributed by atoms with E-state index in [1.54, 1.807) is 12.1 Å². The van der Waals surface area contributed by atoms with Crippen LogP contribution in [0.5, 0.6) is 0 Å². The SMILES string of the molecule is CN(CCCNc1ccccc1)c1ccc(F)cc1. The van der Waals surface area contributed by atoms with Gasteiger partial charge in [0, 0.05) is 31.5 Å². The van der Waals surface area contributed by atoms with E-state index < -0.39 is 0 Å². The van der Waals surface area contributed by atoms with E-state index in [1.807, 2.05) is 25.2 Å². The van der Waals surface area contributed by atoms with Crippen molar-refractivity contribution >= 4 is 11.4 Å². The quantitative estimate of drug-likeness (QED) is 0.794. The fourth-order valence-corrected chi connectivity index (χ4v) is 1.93. The van der Waals surface area contributed by atoms with Crippen molar-refractivity contribution in [2.24, 2.45) is 0 Å². The van der Waals surface area contributed by atoms with Crippen molar-refractivity contribution in [3.63, 3.8) is 0 Å². The summed E-state index contributed by atoms with van der Waals surface area (Å²) in [7, 11) is 2.02. The second-order valence-corrected chi connectivity index (χ2v) is 4.54. The molecule has 0 aliphatic heterocycles. The van der Waals surface area contributed by atoms with Crippen LogP contribution >= 0.6 is 0 Å². The van der Waals surface area contributed by atoms with E-state index >= 15 is 0 Å². The maximum absolute atomic E-state index is 12.8. The second kappa shape index (κ2) is 6.78. The van der Waals surface area contributed by atoms with Crippen LogP contribution in [-0.2, 0) is 0 Å². The van der Waals surface area contributed by atoms with Crippen molar-refractivity contribution < 1.29 is 4.39 Å². The molecule has 0 atom stereocenters. The topological polar surface area (TPSA) is 15.3 Å². The number of hydrogen-bond donors (Lipinski definition) is 1. The van der Waals surface area contributed by atoms with Crippen LogP contribution in [0.15, 0.2) is 54.6 Å². The predicted molar refractivity (Wildman–Crippen MR) is 79.2 cm³/mol. The number of nitrogens with one attached hydrogen (secondary N) is 1. The minimum absolute atomic E-state index is 0.192. The Kier molecular flexibility index (Phi) is 4.78. The molecule has 0 amide bonds. The van der Waals surface area contributed by atoms with Gasteiger partial charge in [-0.3, -0.25) is 0 Å². The van der Waals surface area contributed by atoms with Crippen LogP contribution in [0, 0.1) is 5.82 Å². The van der Waals surface area contributed by atoms with Gasteiger partial charge in [0.15, 0.2) is 0 Å². The van der Waals surface area contributed by atoms with Crippen LogP contribution in [0.1, 0.15) is 6.42 Å². The molecule has 1 N–H and O–H groups in total. The van der Waals surface area contributed by atoms with Crippen LogP contribution in [-0.4, -0.2) is 20.1 Å². The highest BCUT2D eigenvalue weighted by Gasteiger charge is 2.00. The van der Waals surface area contributed by atoms with E-state index in [2.05, 4.69) is 22.3 Å². The Bertz CT molecular complexity index is 482. The summed E-state index contributed by atoms with van der Waals surface area (Å²) in [4.78, 5) is 2.13. The molecule has 0 fully saturated rings. The van der Waals surface area contributed by atoms with E-state index in [4.69, 9.17) is 0 Å². The summed E-state index contributed by atoms with van der Waals surface area (Å²) < 4.78 is 12.8. The number of rotatable bonds is 6. The smallest absolute Gasteiger partial charge is 0.123 e. The maximum Gasteiger partial charge on any atom is 0.123 e. The Hall–Kier alpha value is -2.03. The van der Waals surface area contributed by atoms with Gasteiger partial charge in [-0.2, -0.15) is 0 Å². The minimum Gasteiger partial charge on any atom is -0.385 e. The van der Waals surface area contributed by atoms with Crippen molar-refractivity contribution in [1.82, 2.24) is 0 Å². The summed E-state index contributed by atoms with van der Waals surface area (Å²) in [6.07, 6.45) is 1.03.